The highest BCUT2D eigenvalue weighted by Crippen LogP contribution is 2.30. The van der Waals surface area contributed by atoms with Crippen molar-refractivity contribution in [2.45, 2.75) is 38.4 Å². The quantitative estimate of drug-likeness (QED) is 0.911. The second-order valence-corrected chi connectivity index (χ2v) is 6.13. The predicted molar refractivity (Wildman–Crippen MR) is 85.1 cm³/mol. The lowest BCUT2D eigenvalue weighted by molar-refractivity contribution is 0.394. The summed E-state index contributed by atoms with van der Waals surface area (Å²) in [6.07, 6.45) is 5.31. The Morgan fingerprint density at radius 3 is 2.81 bits per heavy atom. The molecule has 1 heterocycles. The minimum absolute atomic E-state index is 0.430. The lowest BCUT2D eigenvalue weighted by Crippen LogP contribution is -2.25. The van der Waals surface area contributed by atoms with E-state index in [9.17, 15) is 0 Å². The summed E-state index contributed by atoms with van der Waals surface area (Å²) in [6, 6.07) is 11.3. The molecule has 0 bridgehead atoms. The summed E-state index contributed by atoms with van der Waals surface area (Å²) >= 11 is 0. The van der Waals surface area contributed by atoms with Crippen molar-refractivity contribution < 1.29 is 4.42 Å². The third-order valence-corrected chi connectivity index (χ3v) is 4.20. The summed E-state index contributed by atoms with van der Waals surface area (Å²) in [5.41, 5.74) is 4.14. The molecule has 0 aliphatic heterocycles. The van der Waals surface area contributed by atoms with Crippen LogP contribution < -0.4 is 5.32 Å². The zero-order chi connectivity index (χ0) is 14.7. The standard InChI is InChI=1S/C18H24N2O/c1-20(2)13-15-7-4-3-6-14(15)12-19-17-8-5-9-18-16(17)10-11-21-18/h3-4,6-7,10-11,17,19H,5,8-9,12-13H2,1-2H3. The average molecular weight is 284 g/mol. The molecule has 2 aromatic rings. The Hall–Kier alpha value is -1.58. The van der Waals surface area contributed by atoms with E-state index in [0.717, 1.165) is 19.5 Å². The van der Waals surface area contributed by atoms with E-state index in [1.54, 1.807) is 0 Å². The van der Waals surface area contributed by atoms with Gasteiger partial charge < -0.3 is 14.6 Å². The highest BCUT2D eigenvalue weighted by Gasteiger charge is 2.22. The Bertz CT molecular complexity index is 588. The van der Waals surface area contributed by atoms with Crippen molar-refractivity contribution in [2.75, 3.05) is 14.1 Å². The number of nitrogens with zero attached hydrogens (tertiary/aromatic N) is 1. The van der Waals surface area contributed by atoms with E-state index in [-0.39, 0.29) is 0 Å². The third-order valence-electron chi connectivity index (χ3n) is 4.20. The van der Waals surface area contributed by atoms with E-state index in [4.69, 9.17) is 4.42 Å². The topological polar surface area (TPSA) is 28.4 Å². The van der Waals surface area contributed by atoms with Crippen LogP contribution in [0.2, 0.25) is 0 Å². The van der Waals surface area contributed by atoms with E-state index in [1.165, 1.54) is 35.3 Å². The molecule has 1 N–H and O–H groups in total. The molecule has 1 aromatic heterocycles. The van der Waals surface area contributed by atoms with E-state index in [2.05, 4.69) is 54.6 Å². The number of benzene rings is 1. The SMILES string of the molecule is CN(C)Cc1ccccc1CNC1CCCc2occc21. The molecule has 112 valence electrons. The number of rotatable bonds is 5. The first-order valence-electron chi connectivity index (χ1n) is 7.75. The fraction of sp³-hybridized carbons (Fsp3) is 0.444. The molecule has 3 nitrogen and oxygen atoms in total. The van der Waals surface area contributed by atoms with Crippen LogP contribution >= 0.6 is 0 Å². The van der Waals surface area contributed by atoms with E-state index >= 15 is 0 Å². The van der Waals surface area contributed by atoms with Gasteiger partial charge in [-0.25, -0.2) is 0 Å². The van der Waals surface area contributed by atoms with Gasteiger partial charge in [-0.05, 0) is 44.1 Å². The molecular weight excluding hydrogens is 260 g/mol. The van der Waals surface area contributed by atoms with Crippen LogP contribution in [0, 0.1) is 0 Å². The van der Waals surface area contributed by atoms with Crippen molar-refractivity contribution in [2.24, 2.45) is 0 Å². The van der Waals surface area contributed by atoms with Crippen molar-refractivity contribution in [3.05, 3.63) is 59.0 Å². The van der Waals surface area contributed by atoms with Crippen LogP contribution in [0.5, 0.6) is 0 Å². The number of furan rings is 1. The van der Waals surface area contributed by atoms with Gasteiger partial charge in [0.05, 0.1) is 6.26 Å². The normalized spacial score (nSPS) is 18.0. The molecule has 1 unspecified atom stereocenters. The zero-order valence-electron chi connectivity index (χ0n) is 12.9. The summed E-state index contributed by atoms with van der Waals surface area (Å²) < 4.78 is 5.57. The van der Waals surface area contributed by atoms with Crippen LogP contribution in [-0.4, -0.2) is 19.0 Å². The molecule has 0 fully saturated rings. The Kier molecular flexibility index (Phi) is 4.42. The molecule has 1 aliphatic carbocycles. The maximum Gasteiger partial charge on any atom is 0.108 e. The van der Waals surface area contributed by atoms with Crippen LogP contribution in [-0.2, 0) is 19.5 Å². The molecule has 3 rings (SSSR count). The molecule has 1 aliphatic rings. The number of aryl methyl sites for hydroxylation is 1. The van der Waals surface area contributed by atoms with Crippen LogP contribution in [0.25, 0.3) is 0 Å². The van der Waals surface area contributed by atoms with Gasteiger partial charge in [0.1, 0.15) is 5.76 Å². The zero-order valence-corrected chi connectivity index (χ0v) is 12.9. The molecule has 0 radical (unpaired) electrons. The molecule has 3 heteroatoms. The number of hydrogen-bond acceptors (Lipinski definition) is 3. The smallest absolute Gasteiger partial charge is 0.108 e. The van der Waals surface area contributed by atoms with Crippen molar-refractivity contribution in [1.29, 1.82) is 0 Å². The second-order valence-electron chi connectivity index (χ2n) is 6.13. The van der Waals surface area contributed by atoms with Gasteiger partial charge in [0.2, 0.25) is 0 Å². The monoisotopic (exact) mass is 284 g/mol. The largest absolute Gasteiger partial charge is 0.469 e. The fourth-order valence-corrected chi connectivity index (χ4v) is 3.16. The highest BCUT2D eigenvalue weighted by molar-refractivity contribution is 5.28. The average Bonchev–Trinajstić information content (AvgIpc) is 2.95. The molecule has 0 amide bonds. The van der Waals surface area contributed by atoms with Crippen molar-refractivity contribution in [3.8, 4) is 0 Å². The Morgan fingerprint density at radius 2 is 2.00 bits per heavy atom. The van der Waals surface area contributed by atoms with Gasteiger partial charge >= 0.3 is 0 Å². The molecule has 0 saturated carbocycles. The molecule has 0 saturated heterocycles. The van der Waals surface area contributed by atoms with Crippen molar-refractivity contribution >= 4 is 0 Å². The van der Waals surface area contributed by atoms with Gasteiger partial charge in [0, 0.05) is 31.1 Å². The predicted octanol–water partition coefficient (Wildman–Crippen LogP) is 3.51. The third kappa shape index (κ3) is 3.36. The maximum atomic E-state index is 5.57. The van der Waals surface area contributed by atoms with Gasteiger partial charge in [-0.1, -0.05) is 24.3 Å². The Balaban J connectivity index is 1.69. The molecular formula is C18H24N2O. The maximum absolute atomic E-state index is 5.57. The number of hydrogen-bond donors (Lipinski definition) is 1. The molecule has 1 aromatic carbocycles. The minimum Gasteiger partial charge on any atom is -0.469 e. The number of fused-ring (bicyclic) bond motifs is 1. The first-order valence-corrected chi connectivity index (χ1v) is 7.75. The first-order chi connectivity index (χ1) is 10.2. The molecule has 0 spiro atoms. The summed E-state index contributed by atoms with van der Waals surface area (Å²) in [5, 5.41) is 3.72. The van der Waals surface area contributed by atoms with Gasteiger partial charge in [0.25, 0.3) is 0 Å². The Morgan fingerprint density at radius 1 is 1.19 bits per heavy atom. The second kappa shape index (κ2) is 6.46. The van der Waals surface area contributed by atoms with Gasteiger partial charge in [-0.2, -0.15) is 0 Å². The van der Waals surface area contributed by atoms with E-state index < -0.39 is 0 Å². The summed E-state index contributed by atoms with van der Waals surface area (Å²) in [7, 11) is 4.23. The van der Waals surface area contributed by atoms with Gasteiger partial charge in [0.15, 0.2) is 0 Å². The lowest BCUT2D eigenvalue weighted by atomic mass is 9.93. The van der Waals surface area contributed by atoms with Crippen molar-refractivity contribution in [1.82, 2.24) is 10.2 Å². The first kappa shape index (κ1) is 14.4. The summed E-state index contributed by atoms with van der Waals surface area (Å²) in [6.45, 7) is 1.90. The summed E-state index contributed by atoms with van der Waals surface area (Å²) in [4.78, 5) is 2.22. The van der Waals surface area contributed by atoms with Crippen LogP contribution in [0.3, 0.4) is 0 Å². The lowest BCUT2D eigenvalue weighted by Gasteiger charge is -2.24. The van der Waals surface area contributed by atoms with E-state index in [1.807, 2.05) is 6.26 Å². The molecule has 1 atom stereocenters. The highest BCUT2D eigenvalue weighted by atomic mass is 16.3. The van der Waals surface area contributed by atoms with Crippen LogP contribution in [0.15, 0.2) is 41.0 Å². The van der Waals surface area contributed by atoms with Crippen LogP contribution in [0.1, 0.15) is 41.3 Å². The van der Waals surface area contributed by atoms with Gasteiger partial charge in [-0.3, -0.25) is 0 Å². The van der Waals surface area contributed by atoms with Gasteiger partial charge in [-0.15, -0.1) is 0 Å². The van der Waals surface area contributed by atoms with E-state index in [0.29, 0.717) is 6.04 Å². The molecule has 21 heavy (non-hydrogen) atoms. The number of nitrogens with one attached hydrogen (secondary N) is 1. The van der Waals surface area contributed by atoms with Crippen LogP contribution in [0.4, 0.5) is 0 Å². The Labute approximate surface area is 127 Å². The fourth-order valence-electron chi connectivity index (χ4n) is 3.16. The minimum atomic E-state index is 0.430. The summed E-state index contributed by atoms with van der Waals surface area (Å²) in [5.74, 6) is 1.17. The van der Waals surface area contributed by atoms with Crippen molar-refractivity contribution in [3.63, 3.8) is 0 Å².